The van der Waals surface area contributed by atoms with E-state index in [9.17, 15) is 14.7 Å². The van der Waals surface area contributed by atoms with Crippen LogP contribution in [0.25, 0.3) is 11.0 Å². The number of hydrogen-bond acceptors (Lipinski definition) is 8. The van der Waals surface area contributed by atoms with Gasteiger partial charge >= 0.3 is 0 Å². The van der Waals surface area contributed by atoms with Crippen LogP contribution in [-0.4, -0.2) is 62.1 Å². The fraction of sp³-hybridized carbons (Fsp3) is 0.240. The van der Waals surface area contributed by atoms with Crippen LogP contribution in [0.1, 0.15) is 39.1 Å². The number of aliphatic hydroxyl groups excluding tert-OH is 1. The van der Waals surface area contributed by atoms with Crippen LogP contribution in [0.2, 0.25) is 5.02 Å². The van der Waals surface area contributed by atoms with Crippen LogP contribution in [0.3, 0.4) is 0 Å². The number of nitrogens with zero attached hydrogens (tertiary/aromatic N) is 3. The minimum atomic E-state index is -0.367. The van der Waals surface area contributed by atoms with Crippen molar-refractivity contribution < 1.29 is 19.4 Å². The number of H-pyrrole nitrogens is 1. The number of amides is 1. The average molecular weight is 507 g/mol. The quantitative estimate of drug-likeness (QED) is 0.279. The lowest BCUT2D eigenvalue weighted by atomic mass is 10.0. The van der Waals surface area contributed by atoms with E-state index in [0.717, 1.165) is 12.8 Å². The molecular formula is C25H23ClN6O4. The number of hydrogen-bond donors (Lipinski definition) is 4. The molecule has 0 spiro atoms. The SMILES string of the molecule is O=C(Nc1cccnc1)c1ccc(C(=O)c2c[nH]c3ncnc(N[C@H]4CC[C@@H](CO)OC4)c23)c(Cl)c1. The number of carbonyl (C=O) groups excluding carboxylic acids is 2. The van der Waals surface area contributed by atoms with Gasteiger partial charge in [0.15, 0.2) is 5.78 Å². The van der Waals surface area contributed by atoms with Crippen molar-refractivity contribution in [3.63, 3.8) is 0 Å². The zero-order valence-corrected chi connectivity index (χ0v) is 19.8. The summed E-state index contributed by atoms with van der Waals surface area (Å²) in [5.74, 6) is -0.193. The Morgan fingerprint density at radius 3 is 2.81 bits per heavy atom. The fourth-order valence-electron chi connectivity index (χ4n) is 4.13. The maximum Gasteiger partial charge on any atom is 0.255 e. The predicted molar refractivity (Wildman–Crippen MR) is 134 cm³/mol. The highest BCUT2D eigenvalue weighted by molar-refractivity contribution is 6.36. The molecule has 0 radical (unpaired) electrons. The van der Waals surface area contributed by atoms with Gasteiger partial charge < -0.3 is 25.5 Å². The lowest BCUT2D eigenvalue weighted by Crippen LogP contribution is -2.36. The number of fused-ring (bicyclic) bond motifs is 1. The molecule has 1 fully saturated rings. The first-order valence-corrected chi connectivity index (χ1v) is 11.8. The zero-order valence-electron chi connectivity index (χ0n) is 19.1. The van der Waals surface area contributed by atoms with Gasteiger partial charge in [-0.15, -0.1) is 0 Å². The number of rotatable bonds is 7. The summed E-state index contributed by atoms with van der Waals surface area (Å²) < 4.78 is 5.65. The van der Waals surface area contributed by atoms with Gasteiger partial charge in [-0.2, -0.15) is 0 Å². The second kappa shape index (κ2) is 10.4. The molecule has 11 heteroatoms. The van der Waals surface area contributed by atoms with Crippen molar-refractivity contribution in [2.45, 2.75) is 25.0 Å². The minimum Gasteiger partial charge on any atom is -0.394 e. The number of aliphatic hydroxyl groups is 1. The third kappa shape index (κ3) is 4.92. The molecule has 1 aliphatic heterocycles. The summed E-state index contributed by atoms with van der Waals surface area (Å²) in [5, 5.41) is 16.1. The molecule has 10 nitrogen and oxygen atoms in total. The number of pyridine rings is 1. The van der Waals surface area contributed by atoms with Crippen molar-refractivity contribution in [2.75, 3.05) is 23.8 Å². The van der Waals surface area contributed by atoms with Gasteiger partial charge in [0.1, 0.15) is 17.8 Å². The highest BCUT2D eigenvalue weighted by Gasteiger charge is 2.25. The lowest BCUT2D eigenvalue weighted by molar-refractivity contribution is -0.0224. The van der Waals surface area contributed by atoms with E-state index in [4.69, 9.17) is 16.3 Å². The Labute approximate surface area is 211 Å². The normalized spacial score (nSPS) is 17.6. The minimum absolute atomic E-state index is 0.00833. The maximum atomic E-state index is 13.5. The van der Waals surface area contributed by atoms with E-state index in [-0.39, 0.29) is 41.0 Å². The van der Waals surface area contributed by atoms with Crippen molar-refractivity contribution >= 4 is 45.8 Å². The number of benzene rings is 1. The number of ketones is 1. The molecule has 0 bridgehead atoms. The summed E-state index contributed by atoms with van der Waals surface area (Å²) in [6.07, 6.45) is 7.49. The van der Waals surface area contributed by atoms with E-state index >= 15 is 0 Å². The molecule has 0 unspecified atom stereocenters. The molecular weight excluding hydrogens is 484 g/mol. The first-order valence-electron chi connectivity index (χ1n) is 11.4. The smallest absolute Gasteiger partial charge is 0.255 e. The second-order valence-corrected chi connectivity index (χ2v) is 8.83. The maximum absolute atomic E-state index is 13.5. The fourth-order valence-corrected chi connectivity index (χ4v) is 4.40. The monoisotopic (exact) mass is 506 g/mol. The summed E-state index contributed by atoms with van der Waals surface area (Å²) in [4.78, 5) is 41.7. The molecule has 4 N–H and O–H groups in total. The van der Waals surface area contributed by atoms with Crippen LogP contribution in [0.15, 0.2) is 55.2 Å². The number of carbonyl (C=O) groups is 2. The van der Waals surface area contributed by atoms with E-state index in [1.807, 2.05) is 0 Å². The number of aromatic amines is 1. The number of anilines is 2. The first-order chi connectivity index (χ1) is 17.5. The number of nitrogens with one attached hydrogen (secondary N) is 3. The van der Waals surface area contributed by atoms with E-state index < -0.39 is 0 Å². The van der Waals surface area contributed by atoms with Crippen molar-refractivity contribution in [1.82, 2.24) is 19.9 Å². The molecule has 5 rings (SSSR count). The Bertz CT molecular complexity index is 1400. The summed E-state index contributed by atoms with van der Waals surface area (Å²) >= 11 is 6.46. The predicted octanol–water partition coefficient (Wildman–Crippen LogP) is 3.44. The first kappa shape index (κ1) is 23.9. The molecule has 4 heterocycles. The van der Waals surface area contributed by atoms with Crippen molar-refractivity contribution in [2.24, 2.45) is 0 Å². The third-order valence-electron chi connectivity index (χ3n) is 6.02. The van der Waals surface area contributed by atoms with Gasteiger partial charge in [0.25, 0.3) is 5.91 Å². The van der Waals surface area contributed by atoms with Crippen LogP contribution >= 0.6 is 11.6 Å². The van der Waals surface area contributed by atoms with Gasteiger partial charge in [-0.1, -0.05) is 11.6 Å². The molecule has 4 aromatic rings. The summed E-state index contributed by atoms with van der Waals surface area (Å²) in [6, 6.07) is 7.95. The standard InChI is InChI=1S/C25H23ClN6O4/c26-20-8-14(25(35)32-15-2-1-7-27-9-15)3-6-18(20)22(34)19-10-28-23-21(19)24(30-13-29-23)31-16-4-5-17(11-33)36-12-16/h1-3,6-10,13,16-17,33H,4-5,11-12H2,(H,32,35)(H2,28,29,30,31)/t16-,17-/m0/s1. The van der Waals surface area contributed by atoms with Gasteiger partial charge in [0.05, 0.1) is 53.2 Å². The van der Waals surface area contributed by atoms with E-state index in [1.165, 1.54) is 24.7 Å². The number of aromatic nitrogens is 4. The van der Waals surface area contributed by atoms with E-state index in [2.05, 4.69) is 30.6 Å². The zero-order chi connectivity index (χ0) is 25.1. The molecule has 36 heavy (non-hydrogen) atoms. The van der Waals surface area contributed by atoms with Gasteiger partial charge in [-0.05, 0) is 43.2 Å². The van der Waals surface area contributed by atoms with E-state index in [1.54, 1.807) is 30.6 Å². The van der Waals surface area contributed by atoms with Crippen LogP contribution in [0.5, 0.6) is 0 Å². The third-order valence-corrected chi connectivity index (χ3v) is 6.34. The summed E-state index contributed by atoms with van der Waals surface area (Å²) in [5.41, 5.74) is 1.96. The average Bonchev–Trinajstić information content (AvgIpc) is 3.34. The Morgan fingerprint density at radius 1 is 1.19 bits per heavy atom. The Kier molecular flexibility index (Phi) is 6.90. The lowest BCUT2D eigenvalue weighted by Gasteiger charge is -2.29. The largest absolute Gasteiger partial charge is 0.394 e. The van der Waals surface area contributed by atoms with Crippen LogP contribution in [0.4, 0.5) is 11.5 Å². The molecule has 1 aromatic carbocycles. The molecule has 0 saturated carbocycles. The van der Waals surface area contributed by atoms with Gasteiger partial charge in [-0.25, -0.2) is 9.97 Å². The van der Waals surface area contributed by atoms with Crippen LogP contribution < -0.4 is 10.6 Å². The molecule has 1 aliphatic rings. The molecule has 184 valence electrons. The molecule has 1 saturated heterocycles. The van der Waals surface area contributed by atoms with Gasteiger partial charge in [0.2, 0.25) is 0 Å². The van der Waals surface area contributed by atoms with Gasteiger partial charge in [0, 0.05) is 23.5 Å². The topological polar surface area (TPSA) is 142 Å². The Balaban J connectivity index is 1.38. The molecule has 3 aromatic heterocycles. The van der Waals surface area contributed by atoms with Crippen molar-refractivity contribution in [3.05, 3.63) is 77.0 Å². The Morgan fingerprint density at radius 2 is 2.08 bits per heavy atom. The van der Waals surface area contributed by atoms with Crippen LogP contribution in [-0.2, 0) is 4.74 Å². The van der Waals surface area contributed by atoms with Crippen molar-refractivity contribution in [1.29, 1.82) is 0 Å². The van der Waals surface area contributed by atoms with Crippen molar-refractivity contribution in [3.8, 4) is 0 Å². The number of ether oxygens (including phenoxy) is 1. The molecule has 1 amide bonds. The summed E-state index contributed by atoms with van der Waals surface area (Å²) in [6.45, 7) is 0.407. The molecule has 0 aliphatic carbocycles. The van der Waals surface area contributed by atoms with Gasteiger partial charge in [-0.3, -0.25) is 14.6 Å². The Hall–Kier alpha value is -3.86. The highest BCUT2D eigenvalue weighted by Crippen LogP contribution is 2.29. The second-order valence-electron chi connectivity index (χ2n) is 8.42. The number of halogens is 1. The van der Waals surface area contributed by atoms with Crippen LogP contribution in [0, 0.1) is 0 Å². The highest BCUT2D eigenvalue weighted by atomic mass is 35.5. The summed E-state index contributed by atoms with van der Waals surface area (Å²) in [7, 11) is 0. The van der Waals surface area contributed by atoms with E-state index in [0.29, 0.717) is 40.3 Å². The molecule has 2 atom stereocenters.